The first-order chi connectivity index (χ1) is 34.4. The van der Waals surface area contributed by atoms with E-state index in [1.54, 1.807) is 43.6 Å². The summed E-state index contributed by atoms with van der Waals surface area (Å²) >= 11 is 8.50. The molecule has 3 aromatic heterocycles. The van der Waals surface area contributed by atoms with Gasteiger partial charge < -0.3 is 38.5 Å². The first-order valence-electron chi connectivity index (χ1n) is 23.7. The maximum atomic E-state index is 14.4. The molecule has 0 aliphatic carbocycles. The number of aliphatic hydroxyl groups excluding tert-OH is 1. The number of ether oxygens (including phenoxy) is 4. The van der Waals surface area contributed by atoms with Gasteiger partial charge in [-0.05, 0) is 103 Å². The molecule has 2 unspecified atom stereocenters. The quantitative estimate of drug-likeness (QED) is 0.0736. The number of rotatable bonds is 19. The largest absolute Gasteiger partial charge is 0.543 e. The monoisotopic (exact) mass is 1030 g/mol. The van der Waals surface area contributed by atoms with Crippen molar-refractivity contribution in [1.29, 1.82) is 0 Å². The Kier molecular flexibility index (Phi) is 16.1. The molecule has 14 nitrogen and oxygen atoms in total. The summed E-state index contributed by atoms with van der Waals surface area (Å²) in [5, 5.41) is 22.0. The number of carboxylic acids is 1. The predicted octanol–water partition coefficient (Wildman–Crippen LogP) is 10.6. The summed E-state index contributed by atoms with van der Waals surface area (Å²) in [6.07, 6.45) is 0.831. The number of carbonyl (C=O) groups is 1. The lowest BCUT2D eigenvalue weighted by Crippen LogP contribution is -2.48. The fraction of sp³-hybridized carbons (Fsp3) is 0.352. The average molecular weight is 1040 g/mol. The summed E-state index contributed by atoms with van der Waals surface area (Å²) in [5.41, 5.74) is 4.47. The van der Waals surface area contributed by atoms with Gasteiger partial charge in [0, 0.05) is 61.3 Å². The van der Waals surface area contributed by atoms with Crippen molar-refractivity contribution in [2.75, 3.05) is 53.5 Å². The molecule has 378 valence electrons. The maximum Gasteiger partial charge on any atom is 0.345 e. The zero-order valence-electron chi connectivity index (χ0n) is 41.7. The third-order valence-electron chi connectivity index (χ3n) is 13.3. The van der Waals surface area contributed by atoms with E-state index in [-0.39, 0.29) is 30.6 Å². The Morgan fingerprint density at radius 3 is 2.36 bits per heavy atom. The standard InChI is InChI=1S/C54H60ClFN6O8SSi/c1-33-40(18-20-44(48(33)55)68-39(30-63)29-62-25-23-61(5)24-26-62)46-47-51(58-32-59-52(47)71-49(46)34-13-15-36(56)16-14-34)69-45(53(64)65)28-35-27-38(70-72(7,8)54(2,3)4)17-19-42(35)67-31-37-21-22-57-50(60-37)41-11-9-10-12-43(41)66-6/h9-22,27,32,39,45,63H,23-26,28-31H2,1-8H3,(H,64,65). The topological polar surface area (TPSA) is 162 Å². The lowest BCUT2D eigenvalue weighted by Gasteiger charge is -2.36. The highest BCUT2D eigenvalue weighted by Crippen LogP contribution is 2.50. The van der Waals surface area contributed by atoms with Gasteiger partial charge in [-0.25, -0.2) is 29.1 Å². The van der Waals surface area contributed by atoms with Crippen molar-refractivity contribution in [2.45, 2.75) is 71.1 Å². The molecule has 1 aliphatic rings. The van der Waals surface area contributed by atoms with E-state index in [4.69, 9.17) is 40.0 Å². The van der Waals surface area contributed by atoms with Gasteiger partial charge in [-0.15, -0.1) is 11.3 Å². The van der Waals surface area contributed by atoms with Gasteiger partial charge in [0.15, 0.2) is 5.82 Å². The summed E-state index contributed by atoms with van der Waals surface area (Å²) in [6, 6.07) is 24.4. The van der Waals surface area contributed by atoms with E-state index >= 15 is 0 Å². The molecule has 0 amide bonds. The number of methoxy groups -OCH3 is 1. The second-order valence-corrected chi connectivity index (χ2v) is 25.5. The Hall–Kier alpha value is -6.21. The van der Waals surface area contributed by atoms with Crippen LogP contribution in [0.5, 0.6) is 28.9 Å². The van der Waals surface area contributed by atoms with Crippen LogP contribution in [-0.2, 0) is 17.8 Å². The van der Waals surface area contributed by atoms with Gasteiger partial charge in [-0.2, -0.15) is 0 Å². The molecule has 1 saturated heterocycles. The summed E-state index contributed by atoms with van der Waals surface area (Å²) in [7, 11) is 1.34. The second-order valence-electron chi connectivity index (χ2n) is 19.4. The van der Waals surface area contributed by atoms with Crippen LogP contribution in [0.2, 0.25) is 23.2 Å². The number of hydrogen-bond acceptors (Lipinski definition) is 14. The molecule has 7 aromatic rings. The van der Waals surface area contributed by atoms with E-state index in [2.05, 4.69) is 65.7 Å². The minimum atomic E-state index is -2.34. The van der Waals surface area contributed by atoms with Gasteiger partial charge in [-0.1, -0.05) is 62.7 Å². The van der Waals surface area contributed by atoms with Crippen LogP contribution in [-0.4, -0.2) is 120 Å². The molecule has 72 heavy (non-hydrogen) atoms. The number of fused-ring (bicyclic) bond motifs is 1. The molecule has 0 saturated carbocycles. The van der Waals surface area contributed by atoms with E-state index in [9.17, 15) is 19.4 Å². The smallest absolute Gasteiger partial charge is 0.345 e. The van der Waals surface area contributed by atoms with Gasteiger partial charge >= 0.3 is 5.97 Å². The lowest BCUT2D eigenvalue weighted by atomic mass is 9.96. The Balaban J connectivity index is 1.15. The maximum absolute atomic E-state index is 14.4. The third-order valence-corrected chi connectivity index (χ3v) is 19.3. The molecule has 2 atom stereocenters. The summed E-state index contributed by atoms with van der Waals surface area (Å²) in [5.74, 6) is 0.862. The highest BCUT2D eigenvalue weighted by molar-refractivity contribution is 7.22. The van der Waals surface area contributed by atoms with Crippen molar-refractivity contribution in [3.63, 3.8) is 0 Å². The Labute approximate surface area is 429 Å². The molecular weight excluding hydrogens is 975 g/mol. The van der Waals surface area contributed by atoms with Crippen LogP contribution in [0.1, 0.15) is 37.6 Å². The summed E-state index contributed by atoms with van der Waals surface area (Å²) in [4.78, 5) is 37.7. The molecular formula is C54H60ClFN6O8SSi. The number of piperazine rings is 1. The van der Waals surface area contributed by atoms with Crippen molar-refractivity contribution in [3.05, 3.63) is 125 Å². The number of aliphatic hydroxyl groups is 1. The van der Waals surface area contributed by atoms with Crippen molar-refractivity contribution in [1.82, 2.24) is 29.7 Å². The van der Waals surface area contributed by atoms with E-state index in [1.165, 1.54) is 29.8 Å². The molecule has 0 bridgehead atoms. The number of likely N-dealkylation sites (N-methyl/N-ethyl adjacent to an activating group) is 1. The first-order valence-corrected chi connectivity index (χ1v) is 27.8. The van der Waals surface area contributed by atoms with E-state index in [0.717, 1.165) is 31.7 Å². The number of aliphatic carboxylic acids is 1. The zero-order chi connectivity index (χ0) is 51.3. The van der Waals surface area contributed by atoms with Crippen molar-refractivity contribution in [2.24, 2.45) is 0 Å². The van der Waals surface area contributed by atoms with Crippen LogP contribution < -0.4 is 23.4 Å². The van der Waals surface area contributed by atoms with Crippen LogP contribution in [0, 0.1) is 12.7 Å². The molecule has 0 radical (unpaired) electrons. The summed E-state index contributed by atoms with van der Waals surface area (Å²) < 4.78 is 46.1. The fourth-order valence-electron chi connectivity index (χ4n) is 8.18. The fourth-order valence-corrected chi connectivity index (χ4v) is 10.6. The van der Waals surface area contributed by atoms with Crippen molar-refractivity contribution in [3.8, 4) is 61.8 Å². The number of hydrogen-bond donors (Lipinski definition) is 2. The van der Waals surface area contributed by atoms with Gasteiger partial charge in [0.25, 0.3) is 0 Å². The minimum Gasteiger partial charge on any atom is -0.543 e. The van der Waals surface area contributed by atoms with Crippen LogP contribution in [0.15, 0.2) is 97.5 Å². The van der Waals surface area contributed by atoms with Crippen molar-refractivity contribution < 1.29 is 42.8 Å². The number of carboxylic acid groups (broad SMARTS) is 1. The van der Waals surface area contributed by atoms with Gasteiger partial charge in [0.1, 0.15) is 52.7 Å². The molecule has 8 rings (SSSR count). The molecule has 18 heteroatoms. The number of halogens is 2. The van der Waals surface area contributed by atoms with E-state index < -0.39 is 32.3 Å². The van der Waals surface area contributed by atoms with Crippen LogP contribution in [0.3, 0.4) is 0 Å². The molecule has 2 N–H and O–H groups in total. The SMILES string of the molecule is COc1ccccc1-c1nccc(COc2ccc(O[Si](C)(C)C(C)(C)C)cc2CC(Oc2ncnc3sc(-c4ccc(F)cc4)c(-c4ccc(OC(CO)CN5CCN(C)CC5)c(Cl)c4C)c23)C(=O)O)n1. The Bertz CT molecular complexity index is 3040. The van der Waals surface area contributed by atoms with Gasteiger partial charge in [0.2, 0.25) is 20.3 Å². The molecule has 4 aromatic carbocycles. The highest BCUT2D eigenvalue weighted by atomic mass is 35.5. The van der Waals surface area contributed by atoms with Crippen LogP contribution in [0.4, 0.5) is 4.39 Å². The van der Waals surface area contributed by atoms with Gasteiger partial charge in [0.05, 0.1) is 35.4 Å². The Morgan fingerprint density at radius 1 is 0.917 bits per heavy atom. The number of thiophene rings is 1. The zero-order valence-corrected chi connectivity index (χ0v) is 44.3. The minimum absolute atomic E-state index is 0.0244. The molecule has 4 heterocycles. The van der Waals surface area contributed by atoms with Crippen LogP contribution >= 0.6 is 22.9 Å². The number of nitrogens with zero attached hydrogens (tertiary/aromatic N) is 6. The number of benzene rings is 4. The van der Waals surface area contributed by atoms with E-state index in [1.807, 2.05) is 49.4 Å². The second kappa shape index (κ2) is 22.3. The number of para-hydroxylation sites is 1. The highest BCUT2D eigenvalue weighted by Gasteiger charge is 2.39. The molecule has 0 spiro atoms. The average Bonchev–Trinajstić information content (AvgIpc) is 3.75. The first kappa shape index (κ1) is 52.1. The molecule has 1 fully saturated rings. The normalized spacial score (nSPS) is 14.5. The predicted molar refractivity (Wildman–Crippen MR) is 282 cm³/mol. The van der Waals surface area contributed by atoms with Crippen LogP contribution in [0.25, 0.3) is 43.2 Å². The summed E-state index contributed by atoms with van der Waals surface area (Å²) in [6.45, 7) is 16.5. The lowest BCUT2D eigenvalue weighted by molar-refractivity contribution is -0.145. The van der Waals surface area contributed by atoms with Crippen molar-refractivity contribution >= 4 is 47.4 Å². The van der Waals surface area contributed by atoms with Gasteiger partial charge in [-0.3, -0.25) is 4.90 Å². The molecule has 1 aliphatic heterocycles. The Morgan fingerprint density at radius 2 is 1.65 bits per heavy atom. The van der Waals surface area contributed by atoms with E-state index in [0.29, 0.717) is 89.0 Å². The third kappa shape index (κ3) is 11.8. The number of aromatic nitrogens is 4.